The number of ether oxygens (including phenoxy) is 2. The topological polar surface area (TPSA) is 71.1 Å². The van der Waals surface area contributed by atoms with Crippen LogP contribution in [0.5, 0.6) is 11.5 Å². The van der Waals surface area contributed by atoms with Gasteiger partial charge in [-0.2, -0.15) is 0 Å². The highest BCUT2D eigenvalue weighted by atomic mass is 16.5. The van der Waals surface area contributed by atoms with E-state index in [1.807, 2.05) is 55.1 Å². The molecule has 1 aliphatic heterocycles. The molecule has 3 rings (SSSR count). The Morgan fingerprint density at radius 1 is 0.969 bits per heavy atom. The van der Waals surface area contributed by atoms with Gasteiger partial charge < -0.3 is 19.7 Å². The Morgan fingerprint density at radius 2 is 1.66 bits per heavy atom. The van der Waals surface area contributed by atoms with E-state index in [4.69, 9.17) is 9.47 Å². The van der Waals surface area contributed by atoms with Gasteiger partial charge in [0.2, 0.25) is 5.91 Å². The second-order valence-corrected chi connectivity index (χ2v) is 8.34. The van der Waals surface area contributed by atoms with Gasteiger partial charge in [-0.05, 0) is 36.2 Å². The standard InChI is InChI=1S/C25H33N3O4/c1-18(2)23(26-24(29)19-8-6-5-7-9-19)25(30)28-14-12-27(13-15-28)17-20-16-21(31-3)10-11-22(20)32-4/h5-11,16,18,23H,12-15,17H2,1-4H3,(H,26,29). The van der Waals surface area contributed by atoms with Crippen LogP contribution in [0, 0.1) is 5.92 Å². The van der Waals surface area contributed by atoms with Crippen molar-refractivity contribution < 1.29 is 19.1 Å². The number of nitrogens with one attached hydrogen (secondary N) is 1. The molecule has 0 spiro atoms. The molecule has 0 radical (unpaired) electrons. The van der Waals surface area contributed by atoms with Crippen LogP contribution in [-0.4, -0.2) is 68.1 Å². The third-order valence-corrected chi connectivity index (χ3v) is 5.82. The third-order valence-electron chi connectivity index (χ3n) is 5.82. The minimum atomic E-state index is -0.548. The van der Waals surface area contributed by atoms with Crippen LogP contribution in [0.2, 0.25) is 0 Å². The van der Waals surface area contributed by atoms with Crippen molar-refractivity contribution in [2.75, 3.05) is 40.4 Å². The summed E-state index contributed by atoms with van der Waals surface area (Å²) in [7, 11) is 3.31. The van der Waals surface area contributed by atoms with Crippen molar-refractivity contribution in [1.82, 2.24) is 15.1 Å². The summed E-state index contributed by atoms with van der Waals surface area (Å²) in [6.07, 6.45) is 0. The van der Waals surface area contributed by atoms with E-state index in [1.165, 1.54) is 0 Å². The lowest BCUT2D eigenvalue weighted by Gasteiger charge is -2.37. The minimum absolute atomic E-state index is 0.00534. The first-order valence-corrected chi connectivity index (χ1v) is 11.0. The van der Waals surface area contributed by atoms with Gasteiger partial charge in [0.1, 0.15) is 17.5 Å². The molecule has 32 heavy (non-hydrogen) atoms. The van der Waals surface area contributed by atoms with Crippen molar-refractivity contribution >= 4 is 11.8 Å². The number of piperazine rings is 1. The first-order chi connectivity index (χ1) is 15.4. The Kier molecular flexibility index (Phi) is 8.11. The predicted octanol–water partition coefficient (Wildman–Crippen LogP) is 2.80. The summed E-state index contributed by atoms with van der Waals surface area (Å²) < 4.78 is 10.8. The molecule has 1 N–H and O–H groups in total. The summed E-state index contributed by atoms with van der Waals surface area (Å²) in [5.41, 5.74) is 1.62. The van der Waals surface area contributed by atoms with Gasteiger partial charge >= 0.3 is 0 Å². The number of hydrogen-bond donors (Lipinski definition) is 1. The number of methoxy groups -OCH3 is 2. The molecular formula is C25H33N3O4. The van der Waals surface area contributed by atoms with Gasteiger partial charge in [0.25, 0.3) is 5.91 Å². The number of rotatable bonds is 8. The van der Waals surface area contributed by atoms with Crippen LogP contribution >= 0.6 is 0 Å². The first-order valence-electron chi connectivity index (χ1n) is 11.0. The van der Waals surface area contributed by atoms with E-state index in [0.717, 1.165) is 36.7 Å². The second-order valence-electron chi connectivity index (χ2n) is 8.34. The quantitative estimate of drug-likeness (QED) is 0.685. The van der Waals surface area contributed by atoms with Crippen molar-refractivity contribution in [3.63, 3.8) is 0 Å². The molecule has 1 saturated heterocycles. The molecule has 0 aromatic heterocycles. The number of carbonyl (C=O) groups excluding carboxylic acids is 2. The largest absolute Gasteiger partial charge is 0.497 e. The number of benzene rings is 2. The smallest absolute Gasteiger partial charge is 0.251 e. The molecule has 1 atom stereocenters. The Hall–Kier alpha value is -3.06. The molecule has 1 heterocycles. The van der Waals surface area contributed by atoms with Crippen molar-refractivity contribution in [2.24, 2.45) is 5.92 Å². The molecule has 2 amide bonds. The maximum absolute atomic E-state index is 13.2. The van der Waals surface area contributed by atoms with Gasteiger partial charge in [0.05, 0.1) is 14.2 Å². The van der Waals surface area contributed by atoms with E-state index in [9.17, 15) is 9.59 Å². The van der Waals surface area contributed by atoms with Crippen LogP contribution < -0.4 is 14.8 Å². The van der Waals surface area contributed by atoms with E-state index in [0.29, 0.717) is 18.7 Å². The minimum Gasteiger partial charge on any atom is -0.497 e. The fourth-order valence-corrected chi connectivity index (χ4v) is 3.90. The maximum Gasteiger partial charge on any atom is 0.251 e. The summed E-state index contributed by atoms with van der Waals surface area (Å²) in [6.45, 7) is 7.39. The monoisotopic (exact) mass is 439 g/mol. The van der Waals surface area contributed by atoms with Gasteiger partial charge in [-0.15, -0.1) is 0 Å². The molecule has 0 bridgehead atoms. The average Bonchev–Trinajstić information content (AvgIpc) is 2.82. The van der Waals surface area contributed by atoms with Gasteiger partial charge in [-0.25, -0.2) is 0 Å². The van der Waals surface area contributed by atoms with E-state index in [-0.39, 0.29) is 17.7 Å². The lowest BCUT2D eigenvalue weighted by molar-refractivity contribution is -0.136. The van der Waals surface area contributed by atoms with Crippen LogP contribution in [0.15, 0.2) is 48.5 Å². The van der Waals surface area contributed by atoms with Crippen molar-refractivity contribution in [2.45, 2.75) is 26.4 Å². The summed E-state index contributed by atoms with van der Waals surface area (Å²) in [4.78, 5) is 30.0. The van der Waals surface area contributed by atoms with Gasteiger partial charge in [-0.3, -0.25) is 14.5 Å². The Labute approximate surface area is 190 Å². The highest BCUT2D eigenvalue weighted by molar-refractivity contribution is 5.97. The van der Waals surface area contributed by atoms with E-state index in [1.54, 1.807) is 26.4 Å². The fraction of sp³-hybridized carbons (Fsp3) is 0.440. The van der Waals surface area contributed by atoms with Gasteiger partial charge in [-0.1, -0.05) is 32.0 Å². The zero-order valence-electron chi connectivity index (χ0n) is 19.3. The van der Waals surface area contributed by atoms with Crippen LogP contribution in [-0.2, 0) is 11.3 Å². The van der Waals surface area contributed by atoms with Crippen molar-refractivity contribution in [3.05, 3.63) is 59.7 Å². The normalized spacial score (nSPS) is 15.3. The molecule has 2 aromatic carbocycles. The van der Waals surface area contributed by atoms with Crippen molar-refractivity contribution in [1.29, 1.82) is 0 Å². The molecule has 0 aliphatic carbocycles. The van der Waals surface area contributed by atoms with E-state index in [2.05, 4.69) is 10.2 Å². The molecular weight excluding hydrogens is 406 g/mol. The Bertz CT molecular complexity index is 909. The summed E-state index contributed by atoms with van der Waals surface area (Å²) in [5, 5.41) is 2.93. The lowest BCUT2D eigenvalue weighted by atomic mass is 10.0. The zero-order chi connectivity index (χ0) is 23.1. The van der Waals surface area contributed by atoms with Crippen LogP contribution in [0.4, 0.5) is 0 Å². The Balaban J connectivity index is 1.59. The van der Waals surface area contributed by atoms with Crippen LogP contribution in [0.25, 0.3) is 0 Å². The molecule has 172 valence electrons. The summed E-state index contributed by atoms with van der Waals surface area (Å²) >= 11 is 0. The molecule has 1 fully saturated rings. The first kappa shape index (κ1) is 23.6. The van der Waals surface area contributed by atoms with Gasteiger partial charge in [0, 0.05) is 43.9 Å². The fourth-order valence-electron chi connectivity index (χ4n) is 3.90. The highest BCUT2D eigenvalue weighted by Crippen LogP contribution is 2.25. The third kappa shape index (κ3) is 5.79. The zero-order valence-corrected chi connectivity index (χ0v) is 19.3. The average molecular weight is 440 g/mol. The number of carbonyl (C=O) groups is 2. The molecule has 7 heteroatoms. The van der Waals surface area contributed by atoms with E-state index < -0.39 is 6.04 Å². The Morgan fingerprint density at radius 3 is 2.25 bits per heavy atom. The highest BCUT2D eigenvalue weighted by Gasteiger charge is 2.31. The molecule has 2 aromatic rings. The van der Waals surface area contributed by atoms with E-state index >= 15 is 0 Å². The lowest BCUT2D eigenvalue weighted by Crippen LogP contribution is -2.56. The van der Waals surface area contributed by atoms with Crippen molar-refractivity contribution in [3.8, 4) is 11.5 Å². The SMILES string of the molecule is COc1ccc(OC)c(CN2CCN(C(=O)C(NC(=O)c3ccccc3)C(C)C)CC2)c1. The second kappa shape index (κ2) is 11.0. The number of amides is 2. The van der Waals surface area contributed by atoms with Gasteiger partial charge in [0.15, 0.2) is 0 Å². The maximum atomic E-state index is 13.2. The molecule has 1 aliphatic rings. The number of hydrogen-bond acceptors (Lipinski definition) is 5. The summed E-state index contributed by atoms with van der Waals surface area (Å²) in [5.74, 6) is 1.37. The molecule has 1 unspecified atom stereocenters. The number of nitrogens with zero attached hydrogens (tertiary/aromatic N) is 2. The van der Waals surface area contributed by atoms with Crippen LogP contribution in [0.1, 0.15) is 29.8 Å². The molecule has 0 saturated carbocycles. The van der Waals surface area contributed by atoms with Crippen LogP contribution in [0.3, 0.4) is 0 Å². The predicted molar refractivity (Wildman–Crippen MR) is 124 cm³/mol. The molecule has 7 nitrogen and oxygen atoms in total. The summed E-state index contributed by atoms with van der Waals surface area (Å²) in [6, 6.07) is 14.2.